The molecule has 0 radical (unpaired) electrons. The lowest BCUT2D eigenvalue weighted by Crippen LogP contribution is -2.16. The molecule has 0 aromatic heterocycles. The normalized spacial score (nSPS) is 9.90. The summed E-state index contributed by atoms with van der Waals surface area (Å²) in [4.78, 5) is 2.05. The van der Waals surface area contributed by atoms with E-state index in [2.05, 4.69) is 6.07 Å². The number of ether oxygens (including phenoxy) is 1. The fourth-order valence-electron chi connectivity index (χ4n) is 1.98. The van der Waals surface area contributed by atoms with E-state index in [1.165, 1.54) is 0 Å². The Hall–Kier alpha value is -2.18. The molecule has 0 aliphatic heterocycles. The summed E-state index contributed by atoms with van der Waals surface area (Å²) in [5, 5.41) is 9.43. The molecule has 0 saturated heterocycles. The Labute approximate surface area is 124 Å². The van der Waals surface area contributed by atoms with E-state index in [-0.39, 0.29) is 0 Å². The molecule has 0 atom stereocenters. The van der Waals surface area contributed by atoms with E-state index in [0.29, 0.717) is 10.6 Å². The first-order valence-corrected chi connectivity index (χ1v) is 6.55. The standard InChI is InChI=1S/C16H15ClN2O/c1-19(11-12-3-6-14(20-2)7-4-12)16-8-5-13(10-18)9-15(16)17/h3-9H,11H2,1-2H3. The average molecular weight is 287 g/mol. The van der Waals surface area contributed by atoms with Gasteiger partial charge >= 0.3 is 0 Å². The third-order valence-electron chi connectivity index (χ3n) is 3.07. The number of hydrogen-bond donors (Lipinski definition) is 0. The smallest absolute Gasteiger partial charge is 0.118 e. The molecule has 0 amide bonds. The van der Waals surface area contributed by atoms with Crippen LogP contribution in [0.5, 0.6) is 5.75 Å². The van der Waals surface area contributed by atoms with Gasteiger partial charge in [0.05, 0.1) is 29.5 Å². The first-order valence-electron chi connectivity index (χ1n) is 6.17. The third-order valence-corrected chi connectivity index (χ3v) is 3.37. The minimum Gasteiger partial charge on any atom is -0.497 e. The molecule has 2 aromatic rings. The molecular weight excluding hydrogens is 272 g/mol. The van der Waals surface area contributed by atoms with Crippen molar-refractivity contribution >= 4 is 17.3 Å². The van der Waals surface area contributed by atoms with Gasteiger partial charge in [-0.05, 0) is 35.9 Å². The van der Waals surface area contributed by atoms with Crippen molar-refractivity contribution in [1.29, 1.82) is 5.26 Å². The summed E-state index contributed by atoms with van der Waals surface area (Å²) in [5.74, 6) is 0.841. The van der Waals surface area contributed by atoms with E-state index >= 15 is 0 Å². The van der Waals surface area contributed by atoms with Gasteiger partial charge in [-0.2, -0.15) is 5.26 Å². The highest BCUT2D eigenvalue weighted by Gasteiger charge is 2.08. The zero-order chi connectivity index (χ0) is 14.5. The summed E-state index contributed by atoms with van der Waals surface area (Å²) in [5.41, 5.74) is 2.63. The molecule has 0 saturated carbocycles. The molecule has 102 valence electrons. The summed E-state index contributed by atoms with van der Waals surface area (Å²) >= 11 is 6.20. The van der Waals surface area contributed by atoms with Gasteiger partial charge in [-0.15, -0.1) is 0 Å². The summed E-state index contributed by atoms with van der Waals surface area (Å²) in [7, 11) is 3.62. The Morgan fingerprint density at radius 2 is 1.90 bits per heavy atom. The van der Waals surface area contributed by atoms with Crippen LogP contribution in [0, 0.1) is 11.3 Å². The van der Waals surface area contributed by atoms with Gasteiger partial charge in [0, 0.05) is 13.6 Å². The number of rotatable bonds is 4. The van der Waals surface area contributed by atoms with Crippen LogP contribution in [-0.4, -0.2) is 14.2 Å². The topological polar surface area (TPSA) is 36.3 Å². The molecular formula is C16H15ClN2O. The number of benzene rings is 2. The van der Waals surface area contributed by atoms with Crippen LogP contribution in [0.4, 0.5) is 5.69 Å². The van der Waals surface area contributed by atoms with Crippen molar-refractivity contribution < 1.29 is 4.74 Å². The quantitative estimate of drug-likeness (QED) is 0.856. The monoisotopic (exact) mass is 286 g/mol. The fourth-order valence-corrected chi connectivity index (χ4v) is 2.30. The van der Waals surface area contributed by atoms with Crippen molar-refractivity contribution in [3.05, 3.63) is 58.6 Å². The van der Waals surface area contributed by atoms with Crippen LogP contribution in [-0.2, 0) is 6.54 Å². The number of methoxy groups -OCH3 is 1. The van der Waals surface area contributed by atoms with Crippen LogP contribution < -0.4 is 9.64 Å². The van der Waals surface area contributed by atoms with Crippen LogP contribution in [0.15, 0.2) is 42.5 Å². The molecule has 2 rings (SSSR count). The molecule has 0 aliphatic rings. The van der Waals surface area contributed by atoms with Crippen LogP contribution in [0.1, 0.15) is 11.1 Å². The van der Waals surface area contributed by atoms with Crippen LogP contribution in [0.25, 0.3) is 0 Å². The molecule has 0 bridgehead atoms. The second-order valence-corrected chi connectivity index (χ2v) is 4.89. The average Bonchev–Trinajstić information content (AvgIpc) is 2.47. The zero-order valence-corrected chi connectivity index (χ0v) is 12.2. The maximum Gasteiger partial charge on any atom is 0.118 e. The highest BCUT2D eigenvalue weighted by Crippen LogP contribution is 2.27. The Kier molecular flexibility index (Phi) is 4.49. The van der Waals surface area contributed by atoms with Crippen molar-refractivity contribution in [3.8, 4) is 11.8 Å². The van der Waals surface area contributed by atoms with E-state index in [4.69, 9.17) is 21.6 Å². The van der Waals surface area contributed by atoms with Crippen molar-refractivity contribution in [3.63, 3.8) is 0 Å². The molecule has 0 aliphatic carbocycles. The maximum atomic E-state index is 8.84. The summed E-state index contributed by atoms with van der Waals surface area (Å²) in [6, 6.07) is 15.3. The molecule has 0 N–H and O–H groups in total. The Balaban J connectivity index is 2.15. The van der Waals surface area contributed by atoms with Crippen LogP contribution in [0.2, 0.25) is 5.02 Å². The minimum absolute atomic E-state index is 0.566. The highest BCUT2D eigenvalue weighted by atomic mass is 35.5. The van der Waals surface area contributed by atoms with E-state index < -0.39 is 0 Å². The number of anilines is 1. The molecule has 0 unspecified atom stereocenters. The molecule has 4 heteroatoms. The van der Waals surface area contributed by atoms with E-state index in [1.807, 2.05) is 42.3 Å². The molecule has 0 spiro atoms. The van der Waals surface area contributed by atoms with E-state index in [9.17, 15) is 0 Å². The first kappa shape index (κ1) is 14.2. The summed E-state index contributed by atoms with van der Waals surface area (Å²) < 4.78 is 5.14. The highest BCUT2D eigenvalue weighted by molar-refractivity contribution is 6.33. The Morgan fingerprint density at radius 3 is 2.45 bits per heavy atom. The Morgan fingerprint density at radius 1 is 1.20 bits per heavy atom. The lowest BCUT2D eigenvalue weighted by Gasteiger charge is -2.21. The van der Waals surface area contributed by atoms with Crippen molar-refractivity contribution in [2.75, 3.05) is 19.1 Å². The van der Waals surface area contributed by atoms with Crippen molar-refractivity contribution in [1.82, 2.24) is 0 Å². The second kappa shape index (κ2) is 6.31. The lowest BCUT2D eigenvalue weighted by molar-refractivity contribution is 0.414. The van der Waals surface area contributed by atoms with Gasteiger partial charge in [-0.25, -0.2) is 0 Å². The fraction of sp³-hybridized carbons (Fsp3) is 0.188. The molecule has 20 heavy (non-hydrogen) atoms. The molecule has 3 nitrogen and oxygen atoms in total. The molecule has 2 aromatic carbocycles. The number of nitrogens with zero attached hydrogens (tertiary/aromatic N) is 2. The van der Waals surface area contributed by atoms with Gasteiger partial charge in [0.1, 0.15) is 5.75 Å². The van der Waals surface area contributed by atoms with Gasteiger partial charge < -0.3 is 9.64 Å². The van der Waals surface area contributed by atoms with Crippen molar-refractivity contribution in [2.24, 2.45) is 0 Å². The van der Waals surface area contributed by atoms with Gasteiger partial charge in [-0.3, -0.25) is 0 Å². The van der Waals surface area contributed by atoms with Crippen LogP contribution >= 0.6 is 11.6 Å². The lowest BCUT2D eigenvalue weighted by atomic mass is 10.1. The predicted molar refractivity (Wildman–Crippen MR) is 81.3 cm³/mol. The van der Waals surface area contributed by atoms with Crippen LogP contribution in [0.3, 0.4) is 0 Å². The second-order valence-electron chi connectivity index (χ2n) is 4.48. The summed E-state index contributed by atoms with van der Waals surface area (Å²) in [6.45, 7) is 0.732. The maximum absolute atomic E-state index is 8.84. The SMILES string of the molecule is COc1ccc(CN(C)c2ccc(C#N)cc2Cl)cc1. The zero-order valence-electron chi connectivity index (χ0n) is 11.4. The van der Waals surface area contributed by atoms with Crippen molar-refractivity contribution in [2.45, 2.75) is 6.54 Å². The number of nitriles is 1. The van der Waals surface area contributed by atoms with Gasteiger partial charge in [0.15, 0.2) is 0 Å². The number of hydrogen-bond acceptors (Lipinski definition) is 3. The van der Waals surface area contributed by atoms with Gasteiger partial charge in [-0.1, -0.05) is 23.7 Å². The molecule has 0 heterocycles. The van der Waals surface area contributed by atoms with Gasteiger partial charge in [0.25, 0.3) is 0 Å². The summed E-state index contributed by atoms with van der Waals surface area (Å²) in [6.07, 6.45) is 0. The predicted octanol–water partition coefficient (Wildman–Crippen LogP) is 3.86. The number of halogens is 1. The third kappa shape index (κ3) is 3.23. The van der Waals surface area contributed by atoms with Gasteiger partial charge in [0.2, 0.25) is 0 Å². The minimum atomic E-state index is 0.566. The molecule has 0 fully saturated rings. The van der Waals surface area contributed by atoms with E-state index in [1.54, 1.807) is 19.2 Å². The first-order chi connectivity index (χ1) is 9.63. The largest absolute Gasteiger partial charge is 0.497 e. The Bertz CT molecular complexity index is 632. The van der Waals surface area contributed by atoms with E-state index in [0.717, 1.165) is 23.5 Å².